The number of carbonyl (C=O) groups is 1. The SMILES string of the molecule is Cc1ccc(CC(=O)Nc2ccc3nc(N4CCOCC4)cc(C)c3c2)cc1. The first-order valence-corrected chi connectivity index (χ1v) is 9.68. The third kappa shape index (κ3) is 4.15. The van der Waals surface area contributed by atoms with Gasteiger partial charge in [-0.25, -0.2) is 4.98 Å². The number of morpholine rings is 1. The highest BCUT2D eigenvalue weighted by Gasteiger charge is 2.14. The fourth-order valence-electron chi connectivity index (χ4n) is 3.51. The maximum Gasteiger partial charge on any atom is 0.228 e. The van der Waals surface area contributed by atoms with Gasteiger partial charge in [0, 0.05) is 24.2 Å². The average molecular weight is 375 g/mol. The van der Waals surface area contributed by atoms with Crippen molar-refractivity contribution < 1.29 is 9.53 Å². The van der Waals surface area contributed by atoms with E-state index in [2.05, 4.69) is 23.2 Å². The molecular weight excluding hydrogens is 350 g/mol. The van der Waals surface area contributed by atoms with Gasteiger partial charge in [-0.2, -0.15) is 0 Å². The zero-order valence-electron chi connectivity index (χ0n) is 16.4. The number of anilines is 2. The molecule has 4 rings (SSSR count). The third-order valence-electron chi connectivity index (χ3n) is 5.11. The Morgan fingerprint density at radius 2 is 1.82 bits per heavy atom. The van der Waals surface area contributed by atoms with Crippen LogP contribution in [0.4, 0.5) is 11.5 Å². The molecule has 1 aliphatic rings. The number of nitrogens with zero attached hydrogens (tertiary/aromatic N) is 2. The molecule has 1 saturated heterocycles. The van der Waals surface area contributed by atoms with Crippen molar-refractivity contribution in [1.29, 1.82) is 0 Å². The van der Waals surface area contributed by atoms with Gasteiger partial charge in [-0.15, -0.1) is 0 Å². The molecule has 144 valence electrons. The first-order chi connectivity index (χ1) is 13.6. The van der Waals surface area contributed by atoms with Crippen molar-refractivity contribution in [3.63, 3.8) is 0 Å². The van der Waals surface area contributed by atoms with E-state index in [1.165, 1.54) is 5.56 Å². The minimum Gasteiger partial charge on any atom is -0.378 e. The highest BCUT2D eigenvalue weighted by Crippen LogP contribution is 2.26. The zero-order chi connectivity index (χ0) is 19.5. The summed E-state index contributed by atoms with van der Waals surface area (Å²) in [4.78, 5) is 19.5. The van der Waals surface area contributed by atoms with Crippen molar-refractivity contribution >= 4 is 28.3 Å². The van der Waals surface area contributed by atoms with Crippen molar-refractivity contribution in [3.05, 3.63) is 65.2 Å². The fourth-order valence-corrected chi connectivity index (χ4v) is 3.51. The largest absolute Gasteiger partial charge is 0.378 e. The number of amides is 1. The molecule has 3 aromatic rings. The van der Waals surface area contributed by atoms with Gasteiger partial charge in [-0.3, -0.25) is 4.79 Å². The van der Waals surface area contributed by atoms with E-state index in [1.807, 2.05) is 49.4 Å². The Balaban J connectivity index is 1.51. The van der Waals surface area contributed by atoms with Crippen LogP contribution in [0.3, 0.4) is 0 Å². The minimum atomic E-state index is -0.0150. The van der Waals surface area contributed by atoms with E-state index in [0.29, 0.717) is 6.42 Å². The van der Waals surface area contributed by atoms with Gasteiger partial charge < -0.3 is 15.0 Å². The van der Waals surface area contributed by atoms with Crippen molar-refractivity contribution in [2.45, 2.75) is 20.3 Å². The first kappa shape index (κ1) is 18.4. The summed E-state index contributed by atoms with van der Waals surface area (Å²) in [5.74, 6) is 0.975. The third-order valence-corrected chi connectivity index (χ3v) is 5.11. The average Bonchev–Trinajstić information content (AvgIpc) is 2.71. The lowest BCUT2D eigenvalue weighted by molar-refractivity contribution is -0.115. The van der Waals surface area contributed by atoms with Crippen LogP contribution in [-0.4, -0.2) is 37.2 Å². The summed E-state index contributed by atoms with van der Waals surface area (Å²) in [6.07, 6.45) is 0.367. The summed E-state index contributed by atoms with van der Waals surface area (Å²) in [5.41, 5.74) is 5.10. The second-order valence-corrected chi connectivity index (χ2v) is 7.34. The van der Waals surface area contributed by atoms with Gasteiger partial charge in [-0.1, -0.05) is 29.8 Å². The number of carbonyl (C=O) groups excluding carboxylic acids is 1. The normalized spacial score (nSPS) is 14.3. The van der Waals surface area contributed by atoms with Gasteiger partial charge >= 0.3 is 0 Å². The molecule has 1 aromatic heterocycles. The topological polar surface area (TPSA) is 54.5 Å². The number of nitrogens with one attached hydrogen (secondary N) is 1. The molecule has 0 saturated carbocycles. The van der Waals surface area contributed by atoms with Gasteiger partial charge in [0.2, 0.25) is 5.91 Å². The van der Waals surface area contributed by atoms with E-state index >= 15 is 0 Å². The van der Waals surface area contributed by atoms with E-state index in [-0.39, 0.29) is 5.91 Å². The predicted octanol–water partition coefficient (Wildman–Crippen LogP) is 3.87. The molecule has 5 heteroatoms. The number of aryl methyl sites for hydroxylation is 2. The van der Waals surface area contributed by atoms with Crippen molar-refractivity contribution in [3.8, 4) is 0 Å². The lowest BCUT2D eigenvalue weighted by Crippen LogP contribution is -2.36. The molecule has 2 heterocycles. The van der Waals surface area contributed by atoms with Crippen LogP contribution >= 0.6 is 0 Å². The Morgan fingerprint density at radius 3 is 2.57 bits per heavy atom. The first-order valence-electron chi connectivity index (χ1n) is 9.68. The Morgan fingerprint density at radius 1 is 1.07 bits per heavy atom. The Kier molecular flexibility index (Phi) is 5.26. The number of benzene rings is 2. The summed E-state index contributed by atoms with van der Waals surface area (Å²) < 4.78 is 5.43. The molecule has 0 radical (unpaired) electrons. The van der Waals surface area contributed by atoms with Crippen LogP contribution < -0.4 is 10.2 Å². The predicted molar refractivity (Wildman–Crippen MR) is 113 cm³/mol. The van der Waals surface area contributed by atoms with Crippen LogP contribution in [0.2, 0.25) is 0 Å². The van der Waals surface area contributed by atoms with Crippen LogP contribution in [0.25, 0.3) is 10.9 Å². The lowest BCUT2D eigenvalue weighted by atomic mass is 10.1. The molecule has 1 fully saturated rings. The number of pyridine rings is 1. The van der Waals surface area contributed by atoms with Crippen LogP contribution in [-0.2, 0) is 16.0 Å². The summed E-state index contributed by atoms with van der Waals surface area (Å²) in [7, 11) is 0. The maximum atomic E-state index is 12.4. The number of aromatic nitrogens is 1. The quantitative estimate of drug-likeness (QED) is 0.752. The smallest absolute Gasteiger partial charge is 0.228 e. The second kappa shape index (κ2) is 7.98. The van der Waals surface area contributed by atoms with Gasteiger partial charge in [0.1, 0.15) is 5.82 Å². The summed E-state index contributed by atoms with van der Waals surface area (Å²) in [5, 5.41) is 4.07. The molecule has 0 spiro atoms. The minimum absolute atomic E-state index is 0.0150. The fraction of sp³-hybridized carbons (Fsp3) is 0.304. The molecule has 5 nitrogen and oxygen atoms in total. The molecular formula is C23H25N3O2. The lowest BCUT2D eigenvalue weighted by Gasteiger charge is -2.28. The van der Waals surface area contributed by atoms with Gasteiger partial charge in [0.25, 0.3) is 0 Å². The van der Waals surface area contributed by atoms with E-state index < -0.39 is 0 Å². The number of hydrogen-bond acceptors (Lipinski definition) is 4. The zero-order valence-corrected chi connectivity index (χ0v) is 16.4. The van der Waals surface area contributed by atoms with Crippen molar-refractivity contribution in [2.24, 2.45) is 0 Å². The van der Waals surface area contributed by atoms with Crippen LogP contribution in [0.1, 0.15) is 16.7 Å². The summed E-state index contributed by atoms with van der Waals surface area (Å²) >= 11 is 0. The molecule has 0 bridgehead atoms. The van der Waals surface area contributed by atoms with Crippen molar-refractivity contribution in [2.75, 3.05) is 36.5 Å². The molecule has 28 heavy (non-hydrogen) atoms. The molecule has 0 unspecified atom stereocenters. The summed E-state index contributed by atoms with van der Waals surface area (Å²) in [6, 6.07) is 16.1. The highest BCUT2D eigenvalue weighted by molar-refractivity contribution is 5.95. The Bertz CT molecular complexity index is 993. The monoisotopic (exact) mass is 375 g/mol. The molecule has 0 atom stereocenters. The van der Waals surface area contributed by atoms with Crippen LogP contribution in [0, 0.1) is 13.8 Å². The van der Waals surface area contributed by atoms with Gasteiger partial charge in [-0.05, 0) is 49.2 Å². The molecule has 0 aliphatic carbocycles. The molecule has 2 aromatic carbocycles. The highest BCUT2D eigenvalue weighted by atomic mass is 16.5. The Labute approximate surface area is 165 Å². The maximum absolute atomic E-state index is 12.4. The molecule has 1 N–H and O–H groups in total. The number of rotatable bonds is 4. The van der Waals surface area contributed by atoms with E-state index in [4.69, 9.17) is 9.72 Å². The van der Waals surface area contributed by atoms with E-state index in [1.54, 1.807) is 0 Å². The molecule has 1 amide bonds. The van der Waals surface area contributed by atoms with Crippen molar-refractivity contribution in [1.82, 2.24) is 4.98 Å². The summed E-state index contributed by atoms with van der Waals surface area (Å²) in [6.45, 7) is 7.34. The number of ether oxygens (including phenoxy) is 1. The van der Waals surface area contributed by atoms with E-state index in [9.17, 15) is 4.79 Å². The van der Waals surface area contributed by atoms with Gasteiger partial charge in [0.15, 0.2) is 0 Å². The van der Waals surface area contributed by atoms with Gasteiger partial charge in [0.05, 0.1) is 25.2 Å². The molecule has 1 aliphatic heterocycles. The Hall–Kier alpha value is -2.92. The van der Waals surface area contributed by atoms with E-state index in [0.717, 1.165) is 59.8 Å². The standard InChI is InChI=1S/C23H25N3O2/c1-16-3-5-18(6-4-16)14-23(27)24-19-7-8-21-20(15-19)17(2)13-22(25-21)26-9-11-28-12-10-26/h3-8,13,15H,9-12,14H2,1-2H3,(H,24,27). The van der Waals surface area contributed by atoms with Crippen LogP contribution in [0.5, 0.6) is 0 Å². The second-order valence-electron chi connectivity index (χ2n) is 7.34. The number of fused-ring (bicyclic) bond motifs is 1. The van der Waals surface area contributed by atoms with Crippen LogP contribution in [0.15, 0.2) is 48.5 Å². The number of hydrogen-bond donors (Lipinski definition) is 1.